The molecule has 3 aliphatic rings. The molecular formula is C17H24N2O2. The van der Waals surface area contributed by atoms with Crippen LogP contribution in [0, 0.1) is 29.6 Å². The largest absolute Gasteiger partial charge is 0.497 e. The Kier molecular flexibility index (Phi) is 3.12. The molecule has 1 aromatic rings. The Balaban J connectivity index is 1.62. The molecule has 3 saturated carbocycles. The monoisotopic (exact) mass is 288 g/mol. The first kappa shape index (κ1) is 13.4. The second-order valence-corrected chi connectivity index (χ2v) is 6.82. The summed E-state index contributed by atoms with van der Waals surface area (Å²) >= 11 is 0. The van der Waals surface area contributed by atoms with E-state index < -0.39 is 0 Å². The van der Waals surface area contributed by atoms with Crippen LogP contribution in [0.4, 0.5) is 0 Å². The fraction of sp³-hybridized carbons (Fsp3) is 0.647. The summed E-state index contributed by atoms with van der Waals surface area (Å²) in [6.45, 7) is 0. The van der Waals surface area contributed by atoms with Crippen molar-refractivity contribution in [1.29, 1.82) is 0 Å². The molecule has 0 heterocycles. The van der Waals surface area contributed by atoms with E-state index in [2.05, 4.69) is 11.5 Å². The van der Waals surface area contributed by atoms with Gasteiger partial charge in [-0.25, -0.2) is 0 Å². The van der Waals surface area contributed by atoms with Crippen LogP contribution in [0.15, 0.2) is 18.2 Å². The van der Waals surface area contributed by atoms with Gasteiger partial charge in [0, 0.05) is 11.6 Å². The maximum Gasteiger partial charge on any atom is 0.127 e. The molecule has 3 aliphatic carbocycles. The smallest absolute Gasteiger partial charge is 0.127 e. The average molecular weight is 288 g/mol. The predicted octanol–water partition coefficient (Wildman–Crippen LogP) is 2.50. The number of fused-ring (bicyclic) bond motifs is 5. The summed E-state index contributed by atoms with van der Waals surface area (Å²) in [5.41, 5.74) is 4.24. The van der Waals surface area contributed by atoms with E-state index in [1.165, 1.54) is 24.8 Å². The Morgan fingerprint density at radius 3 is 2.43 bits per heavy atom. The van der Waals surface area contributed by atoms with E-state index in [1.807, 2.05) is 12.1 Å². The van der Waals surface area contributed by atoms with E-state index in [1.54, 1.807) is 14.2 Å². The second kappa shape index (κ2) is 4.89. The van der Waals surface area contributed by atoms with Gasteiger partial charge >= 0.3 is 0 Å². The third kappa shape index (κ3) is 1.89. The molecule has 4 nitrogen and oxygen atoms in total. The van der Waals surface area contributed by atoms with Crippen LogP contribution in [-0.4, -0.2) is 14.2 Å². The average Bonchev–Trinajstić information content (AvgIpc) is 2.93. The van der Waals surface area contributed by atoms with Crippen LogP contribution in [-0.2, 0) is 0 Å². The molecule has 0 aliphatic heterocycles. The number of benzene rings is 1. The standard InChI is InChI=1S/C17H24N2O2/c1-20-11-5-6-12(13(8-11)21-2)17(19-18)16-14-9-3-4-10(7-9)15(14)16/h5-6,8-10,14-17,19H,3-4,7,18H2,1-2H3. The van der Waals surface area contributed by atoms with Gasteiger partial charge < -0.3 is 9.47 Å². The molecule has 3 fully saturated rings. The molecule has 3 N–H and O–H groups in total. The maximum atomic E-state index is 5.92. The van der Waals surface area contributed by atoms with Crippen molar-refractivity contribution in [2.75, 3.05) is 14.2 Å². The highest BCUT2D eigenvalue weighted by atomic mass is 16.5. The molecule has 0 spiro atoms. The first-order valence-electron chi connectivity index (χ1n) is 7.96. The van der Waals surface area contributed by atoms with E-state index in [0.717, 1.165) is 35.2 Å². The topological polar surface area (TPSA) is 56.5 Å². The van der Waals surface area contributed by atoms with E-state index in [4.69, 9.17) is 15.3 Å². The van der Waals surface area contributed by atoms with Gasteiger partial charge in [0.15, 0.2) is 0 Å². The van der Waals surface area contributed by atoms with Crippen molar-refractivity contribution >= 4 is 0 Å². The summed E-state index contributed by atoms with van der Waals surface area (Å²) in [6.07, 6.45) is 4.32. The van der Waals surface area contributed by atoms with Gasteiger partial charge in [0.25, 0.3) is 0 Å². The molecule has 0 amide bonds. The minimum absolute atomic E-state index is 0.198. The molecule has 21 heavy (non-hydrogen) atoms. The van der Waals surface area contributed by atoms with Crippen molar-refractivity contribution in [3.63, 3.8) is 0 Å². The van der Waals surface area contributed by atoms with Crippen molar-refractivity contribution in [3.05, 3.63) is 23.8 Å². The molecule has 5 unspecified atom stereocenters. The lowest BCUT2D eigenvalue weighted by Crippen LogP contribution is -2.31. The van der Waals surface area contributed by atoms with Gasteiger partial charge in [0.2, 0.25) is 0 Å². The Morgan fingerprint density at radius 2 is 1.86 bits per heavy atom. The van der Waals surface area contributed by atoms with Crippen molar-refractivity contribution in [1.82, 2.24) is 5.43 Å². The van der Waals surface area contributed by atoms with E-state index >= 15 is 0 Å². The summed E-state index contributed by atoms with van der Waals surface area (Å²) in [5, 5.41) is 0. The number of nitrogens with one attached hydrogen (secondary N) is 1. The van der Waals surface area contributed by atoms with Crippen LogP contribution in [0.3, 0.4) is 0 Å². The van der Waals surface area contributed by atoms with Gasteiger partial charge in [0.05, 0.1) is 20.3 Å². The maximum absolute atomic E-state index is 5.92. The third-order valence-electron chi connectivity index (χ3n) is 6.14. The lowest BCUT2D eigenvalue weighted by atomic mass is 9.93. The van der Waals surface area contributed by atoms with Crippen LogP contribution < -0.4 is 20.7 Å². The molecule has 5 atom stereocenters. The predicted molar refractivity (Wildman–Crippen MR) is 80.9 cm³/mol. The second-order valence-electron chi connectivity index (χ2n) is 6.82. The lowest BCUT2D eigenvalue weighted by molar-refractivity contribution is 0.350. The first-order valence-corrected chi connectivity index (χ1v) is 7.96. The zero-order valence-corrected chi connectivity index (χ0v) is 12.7. The lowest BCUT2D eigenvalue weighted by Gasteiger charge is -2.22. The van der Waals surface area contributed by atoms with Gasteiger partial charge in [-0.15, -0.1) is 0 Å². The van der Waals surface area contributed by atoms with Crippen molar-refractivity contribution in [2.45, 2.75) is 25.3 Å². The zero-order valence-electron chi connectivity index (χ0n) is 12.7. The highest BCUT2D eigenvalue weighted by molar-refractivity contribution is 5.44. The number of methoxy groups -OCH3 is 2. The van der Waals surface area contributed by atoms with Gasteiger partial charge in [0.1, 0.15) is 11.5 Å². The molecule has 0 radical (unpaired) electrons. The number of hydrogen-bond acceptors (Lipinski definition) is 4. The minimum Gasteiger partial charge on any atom is -0.497 e. The molecule has 1 aromatic carbocycles. The molecule has 0 aromatic heterocycles. The van der Waals surface area contributed by atoms with Crippen LogP contribution in [0.5, 0.6) is 11.5 Å². The number of nitrogens with two attached hydrogens (primary N) is 1. The van der Waals surface area contributed by atoms with Gasteiger partial charge in [-0.2, -0.15) is 0 Å². The van der Waals surface area contributed by atoms with Crippen molar-refractivity contribution in [3.8, 4) is 11.5 Å². The van der Waals surface area contributed by atoms with Gasteiger partial charge in [-0.3, -0.25) is 11.3 Å². The summed E-state index contributed by atoms with van der Waals surface area (Å²) in [5.74, 6) is 12.0. The minimum atomic E-state index is 0.198. The highest BCUT2D eigenvalue weighted by Crippen LogP contribution is 2.72. The van der Waals surface area contributed by atoms with Crippen LogP contribution in [0.25, 0.3) is 0 Å². The summed E-state index contributed by atoms with van der Waals surface area (Å²) in [6, 6.07) is 6.24. The highest BCUT2D eigenvalue weighted by Gasteiger charge is 2.66. The molecule has 114 valence electrons. The molecule has 4 heteroatoms. The summed E-state index contributed by atoms with van der Waals surface area (Å²) in [4.78, 5) is 0. The van der Waals surface area contributed by atoms with Crippen LogP contribution >= 0.6 is 0 Å². The Hall–Kier alpha value is -1.26. The Morgan fingerprint density at radius 1 is 1.14 bits per heavy atom. The van der Waals surface area contributed by atoms with Gasteiger partial charge in [-0.1, -0.05) is 6.07 Å². The number of rotatable bonds is 5. The number of ether oxygens (including phenoxy) is 2. The van der Waals surface area contributed by atoms with Crippen LogP contribution in [0.1, 0.15) is 30.9 Å². The number of hydrazine groups is 1. The van der Waals surface area contributed by atoms with Crippen LogP contribution in [0.2, 0.25) is 0 Å². The molecular weight excluding hydrogens is 264 g/mol. The quantitative estimate of drug-likeness (QED) is 0.645. The van der Waals surface area contributed by atoms with E-state index in [-0.39, 0.29) is 6.04 Å². The van der Waals surface area contributed by atoms with Gasteiger partial charge in [-0.05, 0) is 54.9 Å². The Bertz CT molecular complexity index is 532. The normalized spacial score (nSPS) is 37.2. The van der Waals surface area contributed by atoms with E-state index in [9.17, 15) is 0 Å². The first-order chi connectivity index (χ1) is 10.3. The molecule has 2 bridgehead atoms. The SMILES string of the molecule is COc1ccc(C(NN)C2C3C4CCC(C4)C32)c(OC)c1. The summed E-state index contributed by atoms with van der Waals surface area (Å²) < 4.78 is 10.9. The third-order valence-corrected chi connectivity index (χ3v) is 6.14. The zero-order chi connectivity index (χ0) is 14.6. The fourth-order valence-corrected chi connectivity index (χ4v) is 5.32. The molecule has 4 rings (SSSR count). The van der Waals surface area contributed by atoms with Crippen molar-refractivity contribution in [2.24, 2.45) is 35.4 Å². The number of hydrogen-bond donors (Lipinski definition) is 2. The van der Waals surface area contributed by atoms with Crippen molar-refractivity contribution < 1.29 is 9.47 Å². The molecule has 0 saturated heterocycles. The summed E-state index contributed by atoms with van der Waals surface area (Å²) in [7, 11) is 3.39. The fourth-order valence-electron chi connectivity index (χ4n) is 5.32. The Labute approximate surface area is 126 Å². The van der Waals surface area contributed by atoms with E-state index in [0.29, 0.717) is 5.92 Å².